The number of nitrogens with zero attached hydrogens (tertiary/aromatic N) is 5. The molecule has 0 saturated carbocycles. The van der Waals surface area contributed by atoms with Crippen LogP contribution >= 0.6 is 24.0 Å². The van der Waals surface area contributed by atoms with Gasteiger partial charge in [-0.15, -0.1) is 34.2 Å². The number of ether oxygens (including phenoxy) is 1. The van der Waals surface area contributed by atoms with E-state index in [4.69, 9.17) is 9.73 Å². The van der Waals surface area contributed by atoms with Gasteiger partial charge < -0.3 is 19.5 Å². The van der Waals surface area contributed by atoms with Gasteiger partial charge >= 0.3 is 0 Å². The summed E-state index contributed by atoms with van der Waals surface area (Å²) in [7, 11) is 1.94. The number of aromatic nitrogens is 3. The highest BCUT2D eigenvalue weighted by molar-refractivity contribution is 14.0. The summed E-state index contributed by atoms with van der Waals surface area (Å²) < 4.78 is 21.4. The summed E-state index contributed by atoms with van der Waals surface area (Å²) in [5.41, 5.74) is 2.23. The molecule has 2 aliphatic heterocycles. The highest BCUT2D eigenvalue weighted by Gasteiger charge is 2.22. The Morgan fingerprint density at radius 3 is 2.93 bits per heavy atom. The van der Waals surface area contributed by atoms with Crippen molar-refractivity contribution < 1.29 is 9.13 Å². The Morgan fingerprint density at radius 2 is 2.21 bits per heavy atom. The minimum Gasteiger partial charge on any atom is -0.376 e. The second-order valence-electron chi connectivity index (χ2n) is 7.46. The molecule has 1 aromatic heterocycles. The van der Waals surface area contributed by atoms with Crippen LogP contribution in [0.1, 0.15) is 35.6 Å². The quantitative estimate of drug-likeness (QED) is 0.386. The van der Waals surface area contributed by atoms with Gasteiger partial charge in [0.05, 0.1) is 6.10 Å². The molecule has 9 heteroatoms. The van der Waals surface area contributed by atoms with Crippen LogP contribution in [-0.2, 0) is 31.3 Å². The van der Waals surface area contributed by atoms with Gasteiger partial charge in [0, 0.05) is 33.3 Å². The molecule has 1 atom stereocenters. The third-order valence-electron chi connectivity index (χ3n) is 5.54. The summed E-state index contributed by atoms with van der Waals surface area (Å²) in [6, 6.07) is 5.06. The van der Waals surface area contributed by atoms with Crippen LogP contribution in [-0.4, -0.2) is 51.4 Å². The third-order valence-corrected chi connectivity index (χ3v) is 5.54. The van der Waals surface area contributed by atoms with E-state index in [-0.39, 0.29) is 35.9 Å². The lowest BCUT2D eigenvalue weighted by Gasteiger charge is -2.32. The number of aryl methyl sites for hydroxylation is 1. The second kappa shape index (κ2) is 9.84. The van der Waals surface area contributed by atoms with Gasteiger partial charge in [0.15, 0.2) is 11.8 Å². The molecule has 1 fully saturated rings. The number of benzene rings is 1. The molecule has 1 N–H and O–H groups in total. The molecule has 2 aromatic rings. The lowest BCUT2D eigenvalue weighted by molar-refractivity contribution is 0.113. The molecule has 1 aromatic carbocycles. The van der Waals surface area contributed by atoms with Crippen molar-refractivity contribution in [1.82, 2.24) is 25.0 Å². The maximum atomic E-state index is 13.7. The number of hydrogen-bond donors (Lipinski definition) is 1. The molecule has 2 aliphatic rings. The molecule has 0 amide bonds. The summed E-state index contributed by atoms with van der Waals surface area (Å²) in [4.78, 5) is 6.99. The van der Waals surface area contributed by atoms with Crippen molar-refractivity contribution in [3.8, 4) is 0 Å². The van der Waals surface area contributed by atoms with Gasteiger partial charge in [-0.3, -0.25) is 0 Å². The third kappa shape index (κ3) is 5.25. The molecule has 0 bridgehead atoms. The topological polar surface area (TPSA) is 67.6 Å². The van der Waals surface area contributed by atoms with Gasteiger partial charge in [-0.05, 0) is 49.4 Å². The standard InChI is InChI=1S/C20H27FN6O.HI/c1-14-24-25-19(26(14)2)12-23-20(22-11-18-4-3-9-28-18)27-8-7-15-5-6-17(21)10-16(15)13-27;/h5-6,10,18H,3-4,7-9,11-13H2,1-2H3,(H,22,23);1H. The lowest BCUT2D eigenvalue weighted by atomic mass is 10.00. The number of guanidine groups is 1. The number of rotatable bonds is 4. The first-order valence-electron chi connectivity index (χ1n) is 9.87. The number of halogens is 2. The molecule has 29 heavy (non-hydrogen) atoms. The fourth-order valence-electron chi connectivity index (χ4n) is 3.72. The van der Waals surface area contributed by atoms with Gasteiger partial charge in [0.1, 0.15) is 18.2 Å². The van der Waals surface area contributed by atoms with Crippen LogP contribution in [0.5, 0.6) is 0 Å². The average Bonchev–Trinajstić information content (AvgIpc) is 3.32. The maximum absolute atomic E-state index is 13.7. The summed E-state index contributed by atoms with van der Waals surface area (Å²) in [6.07, 6.45) is 3.26. The van der Waals surface area contributed by atoms with Crippen molar-refractivity contribution in [1.29, 1.82) is 0 Å². The molecule has 0 radical (unpaired) electrons. The first kappa shape index (κ1) is 21.9. The van der Waals surface area contributed by atoms with Gasteiger partial charge in [-0.1, -0.05) is 6.07 Å². The number of nitrogens with one attached hydrogen (secondary N) is 1. The average molecular weight is 514 g/mol. The van der Waals surface area contributed by atoms with Crippen molar-refractivity contribution in [2.75, 3.05) is 19.7 Å². The summed E-state index contributed by atoms with van der Waals surface area (Å²) in [5.74, 6) is 2.30. The van der Waals surface area contributed by atoms with E-state index in [1.165, 1.54) is 11.6 Å². The minimum atomic E-state index is -0.194. The van der Waals surface area contributed by atoms with Crippen LogP contribution in [0, 0.1) is 12.7 Å². The Kier molecular flexibility index (Phi) is 7.44. The van der Waals surface area contributed by atoms with E-state index in [1.807, 2.05) is 24.6 Å². The van der Waals surface area contributed by atoms with Crippen molar-refractivity contribution in [3.05, 3.63) is 46.8 Å². The predicted molar refractivity (Wildman–Crippen MR) is 120 cm³/mol. The largest absolute Gasteiger partial charge is 0.376 e. The van der Waals surface area contributed by atoms with Crippen LogP contribution < -0.4 is 5.32 Å². The number of fused-ring (bicyclic) bond motifs is 1. The highest BCUT2D eigenvalue weighted by atomic mass is 127. The number of aliphatic imine (C=N–C) groups is 1. The van der Waals surface area contributed by atoms with Crippen molar-refractivity contribution in [2.24, 2.45) is 12.0 Å². The van der Waals surface area contributed by atoms with Crippen LogP contribution in [0.25, 0.3) is 0 Å². The van der Waals surface area contributed by atoms with Crippen LogP contribution in [0.4, 0.5) is 4.39 Å². The zero-order valence-electron chi connectivity index (χ0n) is 16.9. The Hall–Kier alpha value is -1.75. The zero-order chi connectivity index (χ0) is 19.5. The van der Waals surface area contributed by atoms with Crippen molar-refractivity contribution >= 4 is 29.9 Å². The first-order valence-corrected chi connectivity index (χ1v) is 9.87. The Labute approximate surface area is 187 Å². The lowest BCUT2D eigenvalue weighted by Crippen LogP contribution is -2.46. The van der Waals surface area contributed by atoms with E-state index in [0.29, 0.717) is 13.1 Å². The molecule has 1 saturated heterocycles. The molecule has 0 aliphatic carbocycles. The summed E-state index contributed by atoms with van der Waals surface area (Å²) in [5, 5.41) is 11.8. The van der Waals surface area contributed by atoms with Crippen molar-refractivity contribution in [3.63, 3.8) is 0 Å². The molecule has 4 rings (SSSR count). The van der Waals surface area contributed by atoms with Crippen LogP contribution in [0.2, 0.25) is 0 Å². The van der Waals surface area contributed by atoms with Crippen LogP contribution in [0.15, 0.2) is 23.2 Å². The van der Waals surface area contributed by atoms with E-state index in [0.717, 1.165) is 62.1 Å². The van der Waals surface area contributed by atoms with Gasteiger partial charge in [0.25, 0.3) is 0 Å². The molecular weight excluding hydrogens is 486 g/mol. The second-order valence-corrected chi connectivity index (χ2v) is 7.46. The Balaban J connectivity index is 0.00000240. The smallest absolute Gasteiger partial charge is 0.194 e. The summed E-state index contributed by atoms with van der Waals surface area (Å²) >= 11 is 0. The highest BCUT2D eigenvalue weighted by Crippen LogP contribution is 2.20. The SMILES string of the molecule is Cc1nnc(CN=C(NCC2CCCO2)N2CCc3ccc(F)cc3C2)n1C.I. The van der Waals surface area contributed by atoms with E-state index < -0.39 is 0 Å². The first-order chi connectivity index (χ1) is 13.6. The summed E-state index contributed by atoms with van der Waals surface area (Å²) in [6.45, 7) is 5.40. The maximum Gasteiger partial charge on any atom is 0.194 e. The zero-order valence-corrected chi connectivity index (χ0v) is 19.2. The molecule has 3 heterocycles. The van der Waals surface area contributed by atoms with Gasteiger partial charge in [-0.2, -0.15) is 0 Å². The van der Waals surface area contributed by atoms with E-state index in [2.05, 4.69) is 20.4 Å². The Morgan fingerprint density at radius 1 is 1.34 bits per heavy atom. The molecular formula is C20H28FIN6O. The molecule has 1 unspecified atom stereocenters. The van der Waals surface area contributed by atoms with Gasteiger partial charge in [0.2, 0.25) is 0 Å². The molecule has 158 valence electrons. The van der Waals surface area contributed by atoms with E-state index >= 15 is 0 Å². The monoisotopic (exact) mass is 514 g/mol. The fourth-order valence-corrected chi connectivity index (χ4v) is 3.72. The fraction of sp³-hybridized carbons (Fsp3) is 0.550. The van der Waals surface area contributed by atoms with E-state index in [9.17, 15) is 4.39 Å². The molecule has 7 nitrogen and oxygen atoms in total. The minimum absolute atomic E-state index is 0. The predicted octanol–water partition coefficient (Wildman–Crippen LogP) is 2.56. The van der Waals surface area contributed by atoms with Crippen LogP contribution in [0.3, 0.4) is 0 Å². The number of hydrogen-bond acceptors (Lipinski definition) is 4. The Bertz CT molecular complexity index is 865. The molecule has 0 spiro atoms. The van der Waals surface area contributed by atoms with Crippen molar-refractivity contribution in [2.45, 2.75) is 45.4 Å². The normalized spacial score (nSPS) is 19.1. The van der Waals surface area contributed by atoms with Gasteiger partial charge in [-0.25, -0.2) is 9.38 Å². The van der Waals surface area contributed by atoms with E-state index in [1.54, 1.807) is 6.07 Å².